The van der Waals surface area contributed by atoms with Crippen LogP contribution in [0.5, 0.6) is 0 Å². The lowest BCUT2D eigenvalue weighted by atomic mass is 10.1. The number of thiophene rings is 1. The Balaban J connectivity index is 1.96. The molecule has 3 rings (SSSR count). The molecule has 0 saturated carbocycles. The van der Waals surface area contributed by atoms with Gasteiger partial charge in [-0.25, -0.2) is 0 Å². The molecular weight excluding hydrogens is 325 g/mol. The highest BCUT2D eigenvalue weighted by Crippen LogP contribution is 2.33. The van der Waals surface area contributed by atoms with Crippen molar-refractivity contribution in [2.75, 3.05) is 5.01 Å². The molecule has 118 valence electrons. The largest absolute Gasteiger partial charge is 0.416 e. The number of alkyl halides is 3. The van der Waals surface area contributed by atoms with Gasteiger partial charge in [-0.05, 0) is 42.6 Å². The normalized spacial score (nSPS) is 17.0. The molecule has 3 nitrogen and oxygen atoms in total. The topological polar surface area (TPSA) is 32.7 Å². The van der Waals surface area contributed by atoms with Gasteiger partial charge in [-0.15, -0.1) is 11.3 Å². The summed E-state index contributed by atoms with van der Waals surface area (Å²) in [5, 5.41) is 6.98. The Bertz CT molecular complexity index is 807. The Labute approximate surface area is 134 Å². The van der Waals surface area contributed by atoms with Crippen LogP contribution in [0.3, 0.4) is 0 Å². The average Bonchev–Trinajstić information content (AvgIpc) is 3.10. The summed E-state index contributed by atoms with van der Waals surface area (Å²) in [5.41, 5.74) is 0.135. The molecule has 1 aliphatic rings. The van der Waals surface area contributed by atoms with Gasteiger partial charge in [0.05, 0.1) is 22.5 Å². The molecule has 0 spiro atoms. The van der Waals surface area contributed by atoms with Gasteiger partial charge in [0, 0.05) is 4.88 Å². The SMILES string of the molecule is CC1=NN(c2cccc(C(F)(F)F)c2)C(=O)/C1=C/c1cccs1. The summed E-state index contributed by atoms with van der Waals surface area (Å²) >= 11 is 1.47. The lowest BCUT2D eigenvalue weighted by molar-refractivity contribution is -0.137. The van der Waals surface area contributed by atoms with Crippen LogP contribution in [0.4, 0.5) is 18.9 Å². The van der Waals surface area contributed by atoms with Crippen LogP contribution < -0.4 is 5.01 Å². The lowest BCUT2D eigenvalue weighted by Crippen LogP contribution is -2.21. The maximum atomic E-state index is 12.8. The fraction of sp³-hybridized carbons (Fsp3) is 0.125. The molecule has 1 amide bonds. The van der Waals surface area contributed by atoms with E-state index in [0.717, 1.165) is 22.0 Å². The molecule has 1 aliphatic heterocycles. The van der Waals surface area contributed by atoms with Crippen molar-refractivity contribution in [1.82, 2.24) is 0 Å². The average molecular weight is 336 g/mol. The first-order valence-electron chi connectivity index (χ1n) is 6.69. The van der Waals surface area contributed by atoms with Gasteiger partial charge in [-0.1, -0.05) is 12.1 Å². The lowest BCUT2D eigenvalue weighted by Gasteiger charge is -2.14. The molecule has 0 bridgehead atoms. The number of anilines is 1. The zero-order valence-electron chi connectivity index (χ0n) is 12.0. The number of hydrazone groups is 1. The van der Waals surface area contributed by atoms with E-state index in [1.54, 1.807) is 13.0 Å². The molecule has 2 heterocycles. The summed E-state index contributed by atoms with van der Waals surface area (Å²) < 4.78 is 38.4. The van der Waals surface area contributed by atoms with Gasteiger partial charge >= 0.3 is 6.18 Å². The Hall–Kier alpha value is -2.41. The van der Waals surface area contributed by atoms with Gasteiger partial charge in [0.25, 0.3) is 5.91 Å². The van der Waals surface area contributed by atoms with Crippen molar-refractivity contribution in [2.24, 2.45) is 5.10 Å². The van der Waals surface area contributed by atoms with Crippen molar-refractivity contribution in [3.63, 3.8) is 0 Å². The van der Waals surface area contributed by atoms with Gasteiger partial charge in [-0.2, -0.15) is 23.3 Å². The highest BCUT2D eigenvalue weighted by Gasteiger charge is 2.33. The van der Waals surface area contributed by atoms with Gasteiger partial charge in [0.2, 0.25) is 0 Å². The van der Waals surface area contributed by atoms with Crippen molar-refractivity contribution in [3.05, 3.63) is 57.8 Å². The van der Waals surface area contributed by atoms with E-state index in [2.05, 4.69) is 5.10 Å². The summed E-state index contributed by atoms with van der Waals surface area (Å²) in [6.45, 7) is 1.66. The maximum absolute atomic E-state index is 12.8. The number of hydrogen-bond acceptors (Lipinski definition) is 3. The first kappa shape index (κ1) is 15.5. The zero-order chi connectivity index (χ0) is 16.6. The van der Waals surface area contributed by atoms with Crippen LogP contribution in [0, 0.1) is 0 Å². The molecule has 0 radical (unpaired) electrons. The summed E-state index contributed by atoms with van der Waals surface area (Å²) in [7, 11) is 0. The minimum atomic E-state index is -4.47. The third kappa shape index (κ3) is 3.05. The van der Waals surface area contributed by atoms with Gasteiger partial charge in [0.15, 0.2) is 0 Å². The van der Waals surface area contributed by atoms with E-state index in [4.69, 9.17) is 0 Å². The van der Waals surface area contributed by atoms with E-state index >= 15 is 0 Å². The second-order valence-corrected chi connectivity index (χ2v) is 5.90. The third-order valence-electron chi connectivity index (χ3n) is 3.31. The summed E-state index contributed by atoms with van der Waals surface area (Å²) in [4.78, 5) is 13.4. The molecular formula is C16H11F3N2OS. The fourth-order valence-corrected chi connectivity index (χ4v) is 2.85. The zero-order valence-corrected chi connectivity index (χ0v) is 12.8. The van der Waals surface area contributed by atoms with Crippen molar-refractivity contribution in [2.45, 2.75) is 13.1 Å². The van der Waals surface area contributed by atoms with E-state index in [-0.39, 0.29) is 5.69 Å². The Morgan fingerprint density at radius 1 is 1.22 bits per heavy atom. The quantitative estimate of drug-likeness (QED) is 0.739. The number of amides is 1. The van der Waals surface area contributed by atoms with Gasteiger partial charge in [0.1, 0.15) is 0 Å². The molecule has 7 heteroatoms. The minimum Gasteiger partial charge on any atom is -0.267 e. The van der Waals surface area contributed by atoms with Gasteiger partial charge < -0.3 is 0 Å². The molecule has 0 N–H and O–H groups in total. The van der Waals surface area contributed by atoms with E-state index in [9.17, 15) is 18.0 Å². The number of benzene rings is 1. The Morgan fingerprint density at radius 2 is 2.00 bits per heavy atom. The Morgan fingerprint density at radius 3 is 2.65 bits per heavy atom. The van der Waals surface area contributed by atoms with Crippen LogP contribution in [0.25, 0.3) is 6.08 Å². The second kappa shape index (κ2) is 5.66. The van der Waals surface area contributed by atoms with Crippen molar-refractivity contribution in [1.29, 1.82) is 0 Å². The predicted octanol–water partition coefficient (Wildman–Crippen LogP) is 4.57. The molecule has 1 aromatic heterocycles. The second-order valence-electron chi connectivity index (χ2n) is 4.92. The number of hydrogen-bond donors (Lipinski definition) is 0. The first-order valence-corrected chi connectivity index (χ1v) is 7.57. The van der Waals surface area contributed by atoms with Crippen LogP contribution in [0.15, 0.2) is 52.5 Å². The molecule has 0 fully saturated rings. The molecule has 23 heavy (non-hydrogen) atoms. The van der Waals surface area contributed by atoms with E-state index in [1.165, 1.54) is 23.5 Å². The van der Waals surface area contributed by atoms with E-state index in [1.807, 2.05) is 17.5 Å². The molecule has 2 aromatic rings. The Kier molecular flexibility index (Phi) is 3.81. The molecule has 1 aromatic carbocycles. The summed E-state index contributed by atoms with van der Waals surface area (Å²) in [6, 6.07) is 8.28. The summed E-state index contributed by atoms with van der Waals surface area (Å²) in [6.07, 6.45) is -2.77. The third-order valence-corrected chi connectivity index (χ3v) is 4.13. The summed E-state index contributed by atoms with van der Waals surface area (Å²) in [5.74, 6) is -0.435. The number of carbonyl (C=O) groups is 1. The van der Waals surface area contributed by atoms with Crippen molar-refractivity contribution >= 4 is 34.7 Å². The van der Waals surface area contributed by atoms with Crippen LogP contribution in [-0.4, -0.2) is 11.6 Å². The molecule has 0 unspecified atom stereocenters. The monoisotopic (exact) mass is 336 g/mol. The number of rotatable bonds is 2. The van der Waals surface area contributed by atoms with E-state index < -0.39 is 17.6 Å². The molecule has 0 aliphatic carbocycles. The van der Waals surface area contributed by atoms with Crippen LogP contribution in [0.1, 0.15) is 17.4 Å². The van der Waals surface area contributed by atoms with E-state index in [0.29, 0.717) is 11.3 Å². The highest BCUT2D eigenvalue weighted by atomic mass is 32.1. The van der Waals surface area contributed by atoms with Crippen molar-refractivity contribution < 1.29 is 18.0 Å². The number of carbonyl (C=O) groups excluding carboxylic acids is 1. The molecule has 0 atom stereocenters. The molecule has 0 saturated heterocycles. The minimum absolute atomic E-state index is 0.0961. The predicted molar refractivity (Wildman–Crippen MR) is 84.3 cm³/mol. The van der Waals surface area contributed by atoms with Crippen LogP contribution in [0.2, 0.25) is 0 Å². The highest BCUT2D eigenvalue weighted by molar-refractivity contribution is 7.10. The maximum Gasteiger partial charge on any atom is 0.416 e. The number of halogens is 3. The van der Waals surface area contributed by atoms with Gasteiger partial charge in [-0.3, -0.25) is 4.79 Å². The number of nitrogens with zero attached hydrogens (tertiary/aromatic N) is 2. The van der Waals surface area contributed by atoms with Crippen molar-refractivity contribution in [3.8, 4) is 0 Å². The van der Waals surface area contributed by atoms with Crippen LogP contribution in [-0.2, 0) is 11.0 Å². The fourth-order valence-electron chi connectivity index (χ4n) is 2.19. The van der Waals surface area contributed by atoms with Crippen LogP contribution >= 0.6 is 11.3 Å². The smallest absolute Gasteiger partial charge is 0.267 e. The first-order chi connectivity index (χ1) is 10.9. The standard InChI is InChI=1S/C16H11F3N2OS/c1-10-14(9-13-6-3-7-23-13)15(22)21(20-10)12-5-2-4-11(8-12)16(17,18)19/h2-9H,1H3/b14-9+.